The Bertz CT molecular complexity index is 487. The molecule has 4 aliphatic rings. The molecule has 0 heterocycles. The molecule has 4 fully saturated rings. The van der Waals surface area contributed by atoms with Crippen LogP contribution in [-0.4, -0.2) is 35.0 Å². The van der Waals surface area contributed by atoms with Crippen molar-refractivity contribution < 1.29 is 0 Å². The third kappa shape index (κ3) is 12.8. The van der Waals surface area contributed by atoms with Crippen molar-refractivity contribution in [3.05, 3.63) is 0 Å². The summed E-state index contributed by atoms with van der Waals surface area (Å²) < 4.78 is 0. The molecule has 0 N–H and O–H groups in total. The van der Waals surface area contributed by atoms with Gasteiger partial charge in [0, 0.05) is 0 Å². The highest BCUT2D eigenvalue weighted by molar-refractivity contribution is 7.59. The molecule has 0 saturated heterocycles. The van der Waals surface area contributed by atoms with E-state index in [1.165, 1.54) is 93.3 Å². The van der Waals surface area contributed by atoms with Crippen LogP contribution < -0.4 is 0 Å². The zero-order valence-corrected chi connectivity index (χ0v) is 28.2. The molecule has 0 atom stereocenters. The van der Waals surface area contributed by atoms with Gasteiger partial charge in [0.15, 0.2) is 0 Å². The summed E-state index contributed by atoms with van der Waals surface area (Å²) in [6.45, 7) is 4.68. The van der Waals surface area contributed by atoms with E-state index in [1.807, 2.05) is 0 Å². The summed E-state index contributed by atoms with van der Waals surface area (Å²) in [5.41, 5.74) is 4.70. The van der Waals surface area contributed by atoms with Crippen LogP contribution in [0.15, 0.2) is 0 Å². The normalized spacial score (nSPS) is 23.1. The quantitative estimate of drug-likeness (QED) is 0.145. The Morgan fingerprint density at radius 2 is 0.605 bits per heavy atom. The molecule has 0 aliphatic heterocycles. The molecule has 4 saturated carbocycles. The van der Waals surface area contributed by atoms with E-state index in [1.54, 1.807) is 121 Å². The molecule has 2 heteroatoms. The van der Waals surface area contributed by atoms with Crippen LogP contribution in [-0.2, 0) is 0 Å². The van der Waals surface area contributed by atoms with Gasteiger partial charge in [-0.3, -0.25) is 0 Å². The first kappa shape index (κ1) is 33.4. The van der Waals surface area contributed by atoms with Crippen LogP contribution in [0.2, 0.25) is 0 Å². The van der Waals surface area contributed by atoms with Gasteiger partial charge in [0.05, 0.1) is 0 Å². The predicted molar refractivity (Wildman–Crippen MR) is 179 cm³/mol. The minimum Gasteiger partial charge on any atom is -0.100 e. The van der Waals surface area contributed by atoms with Gasteiger partial charge in [0.2, 0.25) is 0 Å². The average molecular weight is 565 g/mol. The Labute approximate surface area is 243 Å². The Morgan fingerprint density at radius 1 is 0.342 bits per heavy atom. The van der Waals surface area contributed by atoms with Crippen LogP contribution in [0.3, 0.4) is 0 Å². The highest BCUT2D eigenvalue weighted by Crippen LogP contribution is 2.57. The first-order valence-electron chi connectivity index (χ1n) is 18.3. The van der Waals surface area contributed by atoms with Gasteiger partial charge in [0.25, 0.3) is 0 Å². The lowest BCUT2D eigenvalue weighted by Crippen LogP contribution is -2.22. The Morgan fingerprint density at radius 3 is 0.921 bits per heavy atom. The Balaban J connectivity index is 0.000000212. The summed E-state index contributed by atoms with van der Waals surface area (Å²) in [6.07, 6.45) is 46.3. The van der Waals surface area contributed by atoms with Gasteiger partial charge in [0.1, 0.15) is 0 Å². The van der Waals surface area contributed by atoms with E-state index in [0.717, 1.165) is 0 Å². The zero-order valence-electron chi connectivity index (χ0n) is 26.4. The number of unbranched alkanes of at least 4 members (excludes halogenated alkanes) is 6. The molecule has 0 nitrogen and oxygen atoms in total. The van der Waals surface area contributed by atoms with Crippen molar-refractivity contribution >= 4 is 15.8 Å². The van der Waals surface area contributed by atoms with Gasteiger partial charge < -0.3 is 0 Å². The van der Waals surface area contributed by atoms with Crippen molar-refractivity contribution in [3.8, 4) is 0 Å². The van der Waals surface area contributed by atoms with Crippen molar-refractivity contribution in [3.63, 3.8) is 0 Å². The van der Waals surface area contributed by atoms with Crippen LogP contribution in [0.4, 0.5) is 0 Å². The fraction of sp³-hybridized carbons (Fsp3) is 1.00. The van der Waals surface area contributed by atoms with Crippen LogP contribution in [0.1, 0.15) is 194 Å². The SMILES string of the molecule is CCCCCCCP(C1CCCCC1)C1CCCCC1.CCCCCP(C1CCCCC1)C1CCCCC1. The smallest absolute Gasteiger partial charge is 0.0207 e. The second kappa shape index (κ2) is 21.5. The van der Waals surface area contributed by atoms with Gasteiger partial charge in [-0.15, -0.1) is 15.8 Å². The minimum absolute atomic E-state index is 0.382. The number of rotatable bonds is 14. The van der Waals surface area contributed by atoms with E-state index in [0.29, 0.717) is 15.8 Å². The molecular weight excluding hydrogens is 494 g/mol. The first-order chi connectivity index (χ1) is 18.8. The molecule has 0 unspecified atom stereocenters. The maximum Gasteiger partial charge on any atom is -0.0207 e. The summed E-state index contributed by atoms with van der Waals surface area (Å²) in [5, 5.41) is 0. The third-order valence-corrected chi connectivity index (χ3v) is 18.2. The zero-order chi connectivity index (χ0) is 26.7. The Kier molecular flexibility index (Phi) is 18.9. The van der Waals surface area contributed by atoms with E-state index in [-0.39, 0.29) is 0 Å². The molecule has 0 radical (unpaired) electrons. The molecule has 38 heavy (non-hydrogen) atoms. The van der Waals surface area contributed by atoms with Gasteiger partial charge >= 0.3 is 0 Å². The van der Waals surface area contributed by atoms with Crippen LogP contribution in [0.25, 0.3) is 0 Å². The van der Waals surface area contributed by atoms with E-state index >= 15 is 0 Å². The van der Waals surface area contributed by atoms with E-state index in [9.17, 15) is 0 Å². The average Bonchev–Trinajstić information content (AvgIpc) is 2.99. The third-order valence-electron chi connectivity index (χ3n) is 10.7. The second-order valence-corrected chi connectivity index (χ2v) is 19.6. The summed E-state index contributed by atoms with van der Waals surface area (Å²) in [7, 11) is 0.774. The van der Waals surface area contributed by atoms with E-state index < -0.39 is 0 Å². The van der Waals surface area contributed by atoms with Crippen molar-refractivity contribution in [1.29, 1.82) is 0 Å². The monoisotopic (exact) mass is 564 g/mol. The minimum atomic E-state index is 0.382. The van der Waals surface area contributed by atoms with Crippen molar-refractivity contribution in [1.82, 2.24) is 0 Å². The molecule has 4 aliphatic carbocycles. The van der Waals surface area contributed by atoms with Gasteiger partial charge in [-0.05, 0) is 99.2 Å². The molecule has 4 rings (SSSR count). The molecule has 0 aromatic rings. The highest BCUT2D eigenvalue weighted by atomic mass is 31.1. The van der Waals surface area contributed by atoms with Gasteiger partial charge in [-0.1, -0.05) is 129 Å². The summed E-state index contributed by atoms with van der Waals surface area (Å²) in [4.78, 5) is 0. The van der Waals surface area contributed by atoms with Crippen LogP contribution >= 0.6 is 15.8 Å². The Hall–Kier alpha value is 0.860. The van der Waals surface area contributed by atoms with Crippen molar-refractivity contribution in [2.45, 2.75) is 216 Å². The van der Waals surface area contributed by atoms with Gasteiger partial charge in [-0.25, -0.2) is 0 Å². The standard InChI is InChI=1S/C19H37P.C17H33P/c1-2-3-4-5-12-17-20(18-13-8-6-9-14-18)19-15-10-7-11-16-19;1-2-3-10-15-18(16-11-6-4-7-12-16)17-13-8-5-9-14-17/h18-19H,2-17H2,1H3;16-17H,2-15H2,1H3. The van der Waals surface area contributed by atoms with Gasteiger partial charge in [-0.2, -0.15) is 0 Å². The number of hydrogen-bond donors (Lipinski definition) is 0. The molecular formula is C36H70P2. The molecule has 0 amide bonds. The lowest BCUT2D eigenvalue weighted by atomic mass is 9.99. The lowest BCUT2D eigenvalue weighted by molar-refractivity contribution is 0.483. The fourth-order valence-electron chi connectivity index (χ4n) is 8.42. The lowest BCUT2D eigenvalue weighted by Gasteiger charge is -2.38. The summed E-state index contributed by atoms with van der Waals surface area (Å²) in [6, 6.07) is 0. The fourth-order valence-corrected chi connectivity index (χ4v) is 16.4. The van der Waals surface area contributed by atoms with E-state index in [4.69, 9.17) is 0 Å². The molecule has 0 bridgehead atoms. The summed E-state index contributed by atoms with van der Waals surface area (Å²) in [5.74, 6) is 0. The van der Waals surface area contributed by atoms with Crippen molar-refractivity contribution in [2.24, 2.45) is 0 Å². The van der Waals surface area contributed by atoms with Crippen LogP contribution in [0, 0.1) is 0 Å². The molecule has 224 valence electrons. The number of hydrogen-bond acceptors (Lipinski definition) is 0. The predicted octanol–water partition coefficient (Wildman–Crippen LogP) is 13.4. The topological polar surface area (TPSA) is 0 Å². The second-order valence-electron chi connectivity index (χ2n) is 13.8. The first-order valence-corrected chi connectivity index (χ1v) is 21.7. The highest BCUT2D eigenvalue weighted by Gasteiger charge is 2.31. The maximum atomic E-state index is 2.35. The van der Waals surface area contributed by atoms with E-state index in [2.05, 4.69) is 13.8 Å². The molecule has 0 aromatic carbocycles. The molecule has 0 aromatic heterocycles. The van der Waals surface area contributed by atoms with Crippen molar-refractivity contribution in [2.75, 3.05) is 12.3 Å². The molecule has 0 spiro atoms. The summed E-state index contributed by atoms with van der Waals surface area (Å²) >= 11 is 0. The maximum absolute atomic E-state index is 2.35. The van der Waals surface area contributed by atoms with Crippen LogP contribution in [0.5, 0.6) is 0 Å². The largest absolute Gasteiger partial charge is 0.100 e.